The lowest BCUT2D eigenvalue weighted by atomic mass is 9.86. The summed E-state index contributed by atoms with van der Waals surface area (Å²) < 4.78 is 39.3. The molecule has 0 spiro atoms. The number of benzene rings is 4. The van der Waals surface area contributed by atoms with Gasteiger partial charge in [0, 0.05) is 6.42 Å². The van der Waals surface area contributed by atoms with Crippen LogP contribution in [0.15, 0.2) is 121 Å². The Hall–Kier alpha value is -3.56. The van der Waals surface area contributed by atoms with Crippen molar-refractivity contribution in [2.24, 2.45) is 0 Å². The first-order chi connectivity index (χ1) is 25.9. The molecule has 2 saturated heterocycles. The van der Waals surface area contributed by atoms with E-state index in [-0.39, 0.29) is 32.8 Å². The van der Waals surface area contributed by atoms with Gasteiger partial charge in [-0.15, -0.1) is 0 Å². The van der Waals surface area contributed by atoms with Gasteiger partial charge in [0.1, 0.15) is 54.9 Å². The van der Waals surface area contributed by atoms with Crippen LogP contribution in [-0.4, -0.2) is 106 Å². The molecule has 2 aliphatic heterocycles. The number of rotatable bonds is 17. The van der Waals surface area contributed by atoms with Gasteiger partial charge in [-0.3, -0.25) is 0 Å². The molecule has 284 valence electrons. The van der Waals surface area contributed by atoms with E-state index >= 15 is 0 Å². The minimum Gasteiger partial charge on any atom is -0.394 e. The first-order valence-electron chi connectivity index (χ1n) is 18.1. The van der Waals surface area contributed by atoms with Gasteiger partial charge in [0.25, 0.3) is 0 Å². The highest BCUT2D eigenvalue weighted by molar-refractivity contribution is 5.17. The minimum atomic E-state index is -1.65. The van der Waals surface area contributed by atoms with E-state index in [0.717, 1.165) is 22.3 Å². The highest BCUT2D eigenvalue weighted by atomic mass is 16.6. The van der Waals surface area contributed by atoms with Gasteiger partial charge in [-0.1, -0.05) is 121 Å². The van der Waals surface area contributed by atoms with Crippen LogP contribution in [-0.2, 0) is 54.8 Å². The minimum absolute atomic E-state index is 0.0230. The third-order valence-corrected chi connectivity index (χ3v) is 9.76. The van der Waals surface area contributed by atoms with Crippen molar-refractivity contribution in [3.63, 3.8) is 0 Å². The molecule has 11 nitrogen and oxygen atoms in total. The summed E-state index contributed by atoms with van der Waals surface area (Å²) in [6, 6.07) is 39.0. The van der Waals surface area contributed by atoms with Crippen LogP contribution in [0.25, 0.3) is 0 Å². The molecule has 0 saturated carbocycles. The molecule has 5 N–H and O–H groups in total. The Kier molecular flexibility index (Phi) is 14.5. The highest BCUT2D eigenvalue weighted by Crippen LogP contribution is 2.35. The van der Waals surface area contributed by atoms with E-state index in [0.29, 0.717) is 6.61 Å². The summed E-state index contributed by atoms with van der Waals surface area (Å²) in [5, 5.41) is 52.7. The molecule has 53 heavy (non-hydrogen) atoms. The van der Waals surface area contributed by atoms with Gasteiger partial charge >= 0.3 is 0 Å². The average molecular weight is 731 g/mol. The van der Waals surface area contributed by atoms with Crippen molar-refractivity contribution >= 4 is 0 Å². The summed E-state index contributed by atoms with van der Waals surface area (Å²) in [5.41, 5.74) is 3.81. The molecule has 0 bridgehead atoms. The molecule has 4 aromatic rings. The Labute approximate surface area is 310 Å². The second kappa shape index (κ2) is 19.7. The van der Waals surface area contributed by atoms with Crippen molar-refractivity contribution in [1.82, 2.24) is 0 Å². The molecule has 6 rings (SSSR count). The standard InChI is InChI=1S/C42H50O11/c43-22-32(44)39-38(47)37(46)36(45)33(53-39)21-34-40(49-24-29-15-7-2-8-16-29)42(51-26-31-19-11-4-12-20-31)41(50-25-30-17-9-3-10-18-30)35(52-34)27-48-23-28-13-5-1-6-14-28/h1-20,32-47H,21-27H2/t32-,33?,34-,35-,36-,37+,38+,39+,40-,41-,42-/m0/s1. The SMILES string of the molecule is OC[C@H](O)[C@H]1OC(C[C@@H]2O[C@@H](COCc3ccccc3)[C@H](OCc3ccccc3)[C@@H](OCc3ccccc3)[C@H]2OCc2ccccc2)[C@H](O)[C@@H](O)[C@H]1O. The Morgan fingerprint density at radius 1 is 0.491 bits per heavy atom. The second-order valence-corrected chi connectivity index (χ2v) is 13.6. The van der Waals surface area contributed by atoms with E-state index in [1.54, 1.807) is 0 Å². The fourth-order valence-electron chi connectivity index (χ4n) is 6.90. The van der Waals surface area contributed by atoms with Gasteiger partial charge in [0.15, 0.2) is 0 Å². The van der Waals surface area contributed by atoms with E-state index in [1.807, 2.05) is 121 Å². The van der Waals surface area contributed by atoms with Crippen LogP contribution < -0.4 is 0 Å². The predicted molar refractivity (Wildman–Crippen MR) is 194 cm³/mol. The van der Waals surface area contributed by atoms with Crippen LogP contribution in [0, 0.1) is 0 Å². The number of aliphatic hydroxyl groups excluding tert-OH is 5. The van der Waals surface area contributed by atoms with Crippen molar-refractivity contribution in [3.05, 3.63) is 144 Å². The van der Waals surface area contributed by atoms with Crippen LogP contribution in [0.5, 0.6) is 0 Å². The van der Waals surface area contributed by atoms with E-state index in [4.69, 9.17) is 28.4 Å². The first-order valence-corrected chi connectivity index (χ1v) is 18.1. The zero-order valence-electron chi connectivity index (χ0n) is 29.5. The molecule has 0 radical (unpaired) electrons. The maximum absolute atomic E-state index is 11.2. The first kappa shape index (κ1) is 39.1. The van der Waals surface area contributed by atoms with Gasteiger partial charge in [-0.2, -0.15) is 0 Å². The third-order valence-electron chi connectivity index (χ3n) is 9.76. The second-order valence-electron chi connectivity index (χ2n) is 13.6. The normalized spacial score (nSPS) is 29.5. The van der Waals surface area contributed by atoms with Crippen LogP contribution >= 0.6 is 0 Å². The van der Waals surface area contributed by atoms with E-state index in [2.05, 4.69) is 0 Å². The monoisotopic (exact) mass is 730 g/mol. The van der Waals surface area contributed by atoms with Crippen LogP contribution in [0.1, 0.15) is 28.7 Å². The maximum atomic E-state index is 11.2. The number of aliphatic hydroxyl groups is 5. The lowest BCUT2D eigenvalue weighted by Crippen LogP contribution is -2.65. The Morgan fingerprint density at radius 2 is 0.925 bits per heavy atom. The zero-order chi connectivity index (χ0) is 37.0. The molecule has 11 heteroatoms. The zero-order valence-corrected chi connectivity index (χ0v) is 29.5. The van der Waals surface area contributed by atoms with E-state index < -0.39 is 73.8 Å². The molecule has 2 aliphatic rings. The molecule has 4 aromatic carbocycles. The maximum Gasteiger partial charge on any atom is 0.115 e. The third kappa shape index (κ3) is 10.6. The molecule has 0 aliphatic carbocycles. The van der Waals surface area contributed by atoms with Crippen LogP contribution in [0.4, 0.5) is 0 Å². The molecule has 2 heterocycles. The van der Waals surface area contributed by atoms with Crippen LogP contribution in [0.3, 0.4) is 0 Å². The number of hydrogen-bond donors (Lipinski definition) is 5. The fourth-order valence-corrected chi connectivity index (χ4v) is 6.90. The van der Waals surface area contributed by atoms with E-state index in [1.165, 1.54) is 0 Å². The Bertz CT molecular complexity index is 1600. The van der Waals surface area contributed by atoms with E-state index in [9.17, 15) is 25.5 Å². The molecule has 1 unspecified atom stereocenters. The highest BCUT2D eigenvalue weighted by Gasteiger charge is 2.52. The van der Waals surface area contributed by atoms with Gasteiger partial charge in [-0.25, -0.2) is 0 Å². The summed E-state index contributed by atoms with van der Waals surface area (Å²) in [5.74, 6) is 0. The Morgan fingerprint density at radius 3 is 1.40 bits per heavy atom. The molecular weight excluding hydrogens is 680 g/mol. The fraction of sp³-hybridized carbons (Fsp3) is 0.429. The van der Waals surface area contributed by atoms with Gasteiger partial charge in [0.05, 0.1) is 51.8 Å². The summed E-state index contributed by atoms with van der Waals surface area (Å²) in [6.07, 6.45) is -12.5. The number of ether oxygens (including phenoxy) is 6. The summed E-state index contributed by atoms with van der Waals surface area (Å²) >= 11 is 0. The molecule has 0 aromatic heterocycles. The smallest absolute Gasteiger partial charge is 0.115 e. The number of hydrogen-bond acceptors (Lipinski definition) is 11. The van der Waals surface area contributed by atoms with Crippen LogP contribution in [0.2, 0.25) is 0 Å². The van der Waals surface area contributed by atoms with Gasteiger partial charge in [-0.05, 0) is 22.3 Å². The quantitative estimate of drug-likeness (QED) is 0.109. The molecule has 11 atom stereocenters. The lowest BCUT2D eigenvalue weighted by Gasteiger charge is -2.48. The van der Waals surface area contributed by atoms with Crippen molar-refractivity contribution in [3.8, 4) is 0 Å². The summed E-state index contributed by atoms with van der Waals surface area (Å²) in [6.45, 7) is 0.457. The average Bonchev–Trinajstić information content (AvgIpc) is 3.20. The lowest BCUT2D eigenvalue weighted by molar-refractivity contribution is -0.290. The van der Waals surface area contributed by atoms with Crippen molar-refractivity contribution in [2.45, 2.75) is 100.0 Å². The Balaban J connectivity index is 1.34. The van der Waals surface area contributed by atoms with Crippen molar-refractivity contribution in [1.29, 1.82) is 0 Å². The molecule has 0 amide bonds. The predicted octanol–water partition coefficient (Wildman–Crippen LogP) is 3.32. The summed E-state index contributed by atoms with van der Waals surface area (Å²) in [7, 11) is 0. The summed E-state index contributed by atoms with van der Waals surface area (Å²) in [4.78, 5) is 0. The molecular formula is C42H50O11. The largest absolute Gasteiger partial charge is 0.394 e. The van der Waals surface area contributed by atoms with Crippen molar-refractivity contribution < 1.29 is 54.0 Å². The van der Waals surface area contributed by atoms with Crippen molar-refractivity contribution in [2.75, 3.05) is 13.2 Å². The van der Waals surface area contributed by atoms with Gasteiger partial charge in [0.2, 0.25) is 0 Å². The molecule has 2 fully saturated rings. The topological polar surface area (TPSA) is 157 Å². The van der Waals surface area contributed by atoms with Gasteiger partial charge < -0.3 is 54.0 Å².